The van der Waals surface area contributed by atoms with Gasteiger partial charge in [0.2, 0.25) is 0 Å². The van der Waals surface area contributed by atoms with E-state index in [0.717, 1.165) is 17.2 Å². The van der Waals surface area contributed by atoms with Gasteiger partial charge >= 0.3 is 0 Å². The molecule has 1 N–H and O–H groups in total. The van der Waals surface area contributed by atoms with E-state index < -0.39 is 0 Å². The van der Waals surface area contributed by atoms with Gasteiger partial charge in [-0.25, -0.2) is 0 Å². The number of anilines is 1. The van der Waals surface area contributed by atoms with Crippen LogP contribution in [0.15, 0.2) is 36.4 Å². The van der Waals surface area contributed by atoms with Gasteiger partial charge in [-0.05, 0) is 61.7 Å². The Kier molecular flexibility index (Phi) is 3.74. The third kappa shape index (κ3) is 3.13. The van der Waals surface area contributed by atoms with Gasteiger partial charge in [-0.15, -0.1) is 0 Å². The van der Waals surface area contributed by atoms with Crippen LogP contribution in [0.2, 0.25) is 0 Å². The summed E-state index contributed by atoms with van der Waals surface area (Å²) < 4.78 is 11.2. The molecule has 3 rings (SSSR count). The Labute approximate surface area is 125 Å². The maximum atomic E-state index is 5.65. The van der Waals surface area contributed by atoms with Gasteiger partial charge in [0.25, 0.3) is 0 Å². The Morgan fingerprint density at radius 2 is 1.57 bits per heavy atom. The van der Waals surface area contributed by atoms with Crippen molar-refractivity contribution in [3.63, 3.8) is 0 Å². The van der Waals surface area contributed by atoms with Crippen LogP contribution < -0.4 is 14.8 Å². The fourth-order valence-corrected chi connectivity index (χ4v) is 2.72. The van der Waals surface area contributed by atoms with Gasteiger partial charge in [0.05, 0.1) is 0 Å². The smallest absolute Gasteiger partial charge is 0.161 e. The van der Waals surface area contributed by atoms with E-state index in [0.29, 0.717) is 13.2 Å². The largest absolute Gasteiger partial charge is 0.486 e. The second-order valence-electron chi connectivity index (χ2n) is 5.65. The average molecular weight is 283 g/mol. The van der Waals surface area contributed by atoms with E-state index in [1.165, 1.54) is 16.7 Å². The molecule has 0 saturated heterocycles. The van der Waals surface area contributed by atoms with Crippen molar-refractivity contribution < 1.29 is 9.47 Å². The Balaban J connectivity index is 1.80. The van der Waals surface area contributed by atoms with E-state index in [1.807, 2.05) is 6.07 Å². The van der Waals surface area contributed by atoms with E-state index in [9.17, 15) is 0 Å². The number of fused-ring (bicyclic) bond motifs is 1. The fraction of sp³-hybridized carbons (Fsp3) is 0.333. The summed E-state index contributed by atoms with van der Waals surface area (Å²) in [5.74, 6) is 1.68. The maximum absolute atomic E-state index is 5.65. The first-order chi connectivity index (χ1) is 10.1. The highest BCUT2D eigenvalue weighted by molar-refractivity contribution is 5.51. The minimum atomic E-state index is 0.210. The summed E-state index contributed by atoms with van der Waals surface area (Å²) in [6, 6.07) is 12.9. The van der Waals surface area contributed by atoms with Gasteiger partial charge in [0.15, 0.2) is 11.5 Å². The van der Waals surface area contributed by atoms with Crippen molar-refractivity contribution in [1.82, 2.24) is 0 Å². The van der Waals surface area contributed by atoms with E-state index in [1.54, 1.807) is 0 Å². The molecule has 1 heterocycles. The van der Waals surface area contributed by atoms with Gasteiger partial charge in [0.1, 0.15) is 13.2 Å². The lowest BCUT2D eigenvalue weighted by Crippen LogP contribution is -2.16. The lowest BCUT2D eigenvalue weighted by molar-refractivity contribution is 0.171. The van der Waals surface area contributed by atoms with E-state index in [2.05, 4.69) is 56.4 Å². The standard InChI is InChI=1S/C18H21NO2/c1-12-8-13(2)10-16(9-12)19-14(3)15-4-5-17-18(11-15)21-7-6-20-17/h4-5,8-11,14,19H,6-7H2,1-3H3. The molecule has 0 aromatic heterocycles. The maximum Gasteiger partial charge on any atom is 0.161 e. The van der Waals surface area contributed by atoms with Crippen molar-refractivity contribution in [2.75, 3.05) is 18.5 Å². The summed E-state index contributed by atoms with van der Waals surface area (Å²) in [4.78, 5) is 0. The molecule has 0 bridgehead atoms. The summed E-state index contributed by atoms with van der Waals surface area (Å²) in [7, 11) is 0. The van der Waals surface area contributed by atoms with Crippen LogP contribution in [0.1, 0.15) is 29.7 Å². The first kappa shape index (κ1) is 13.8. The highest BCUT2D eigenvalue weighted by Gasteiger charge is 2.14. The van der Waals surface area contributed by atoms with Crippen LogP contribution in [0, 0.1) is 13.8 Å². The molecule has 0 saturated carbocycles. The molecule has 2 aromatic carbocycles. The number of hydrogen-bond donors (Lipinski definition) is 1. The van der Waals surface area contributed by atoms with Crippen LogP contribution in [0.5, 0.6) is 11.5 Å². The summed E-state index contributed by atoms with van der Waals surface area (Å²) in [6.07, 6.45) is 0. The third-order valence-corrected chi connectivity index (χ3v) is 3.67. The first-order valence-electron chi connectivity index (χ1n) is 7.36. The number of nitrogens with one attached hydrogen (secondary N) is 1. The zero-order valence-corrected chi connectivity index (χ0v) is 12.8. The van der Waals surface area contributed by atoms with Gasteiger partial charge < -0.3 is 14.8 Å². The number of rotatable bonds is 3. The summed E-state index contributed by atoms with van der Waals surface area (Å²) in [5, 5.41) is 3.55. The molecule has 21 heavy (non-hydrogen) atoms. The number of hydrogen-bond acceptors (Lipinski definition) is 3. The molecule has 110 valence electrons. The topological polar surface area (TPSA) is 30.5 Å². The molecule has 0 aliphatic carbocycles. The second kappa shape index (κ2) is 5.68. The van der Waals surface area contributed by atoms with Crippen LogP contribution in [0.4, 0.5) is 5.69 Å². The molecular weight excluding hydrogens is 262 g/mol. The third-order valence-electron chi connectivity index (χ3n) is 3.67. The molecule has 1 aliphatic heterocycles. The first-order valence-corrected chi connectivity index (χ1v) is 7.36. The van der Waals surface area contributed by atoms with Gasteiger partial charge in [-0.1, -0.05) is 12.1 Å². The predicted octanol–water partition coefficient (Wildman–Crippen LogP) is 4.25. The van der Waals surface area contributed by atoms with Crippen molar-refractivity contribution in [2.24, 2.45) is 0 Å². The molecule has 3 heteroatoms. The Morgan fingerprint density at radius 3 is 2.29 bits per heavy atom. The highest BCUT2D eigenvalue weighted by Crippen LogP contribution is 2.33. The predicted molar refractivity (Wildman–Crippen MR) is 85.4 cm³/mol. The van der Waals surface area contributed by atoms with E-state index >= 15 is 0 Å². The zero-order valence-electron chi connectivity index (χ0n) is 12.8. The molecule has 2 aromatic rings. The number of aryl methyl sites for hydroxylation is 2. The van der Waals surface area contributed by atoms with Crippen LogP contribution in [-0.2, 0) is 0 Å². The van der Waals surface area contributed by atoms with E-state index in [4.69, 9.17) is 9.47 Å². The number of benzene rings is 2. The van der Waals surface area contributed by atoms with Crippen molar-refractivity contribution in [2.45, 2.75) is 26.8 Å². The monoisotopic (exact) mass is 283 g/mol. The van der Waals surface area contributed by atoms with Crippen molar-refractivity contribution in [3.8, 4) is 11.5 Å². The minimum Gasteiger partial charge on any atom is -0.486 e. The lowest BCUT2D eigenvalue weighted by atomic mass is 10.1. The summed E-state index contributed by atoms with van der Waals surface area (Å²) in [6.45, 7) is 7.64. The van der Waals surface area contributed by atoms with Crippen LogP contribution >= 0.6 is 0 Å². The van der Waals surface area contributed by atoms with Gasteiger partial charge in [-0.2, -0.15) is 0 Å². The van der Waals surface area contributed by atoms with Crippen LogP contribution in [-0.4, -0.2) is 13.2 Å². The molecule has 1 unspecified atom stereocenters. The molecule has 0 radical (unpaired) electrons. The lowest BCUT2D eigenvalue weighted by Gasteiger charge is -2.21. The van der Waals surface area contributed by atoms with Gasteiger partial charge in [-0.3, -0.25) is 0 Å². The molecule has 0 fully saturated rings. The zero-order chi connectivity index (χ0) is 14.8. The quantitative estimate of drug-likeness (QED) is 0.913. The van der Waals surface area contributed by atoms with Crippen molar-refractivity contribution in [3.05, 3.63) is 53.1 Å². The van der Waals surface area contributed by atoms with Gasteiger partial charge in [0, 0.05) is 11.7 Å². The summed E-state index contributed by atoms with van der Waals surface area (Å²) in [5.41, 5.74) is 4.88. The fourth-order valence-electron chi connectivity index (χ4n) is 2.72. The van der Waals surface area contributed by atoms with Crippen LogP contribution in [0.25, 0.3) is 0 Å². The Morgan fingerprint density at radius 1 is 0.905 bits per heavy atom. The molecule has 0 spiro atoms. The minimum absolute atomic E-state index is 0.210. The molecular formula is C18H21NO2. The second-order valence-corrected chi connectivity index (χ2v) is 5.65. The molecule has 1 atom stereocenters. The van der Waals surface area contributed by atoms with Crippen LogP contribution in [0.3, 0.4) is 0 Å². The molecule has 0 amide bonds. The molecule has 1 aliphatic rings. The molecule has 3 nitrogen and oxygen atoms in total. The normalized spacial score (nSPS) is 14.6. The van der Waals surface area contributed by atoms with Crippen molar-refractivity contribution in [1.29, 1.82) is 0 Å². The average Bonchev–Trinajstić information content (AvgIpc) is 2.45. The van der Waals surface area contributed by atoms with E-state index in [-0.39, 0.29) is 6.04 Å². The SMILES string of the molecule is Cc1cc(C)cc(NC(C)c2ccc3c(c2)OCCO3)c1. The Hall–Kier alpha value is -2.16. The number of ether oxygens (including phenoxy) is 2. The Bertz CT molecular complexity index is 631. The highest BCUT2D eigenvalue weighted by atomic mass is 16.6. The van der Waals surface area contributed by atoms with Crippen molar-refractivity contribution >= 4 is 5.69 Å². The summed E-state index contributed by atoms with van der Waals surface area (Å²) >= 11 is 0.